The summed E-state index contributed by atoms with van der Waals surface area (Å²) in [5, 5.41) is 20.6. The molecule has 2 unspecified atom stereocenters. The molecule has 0 aliphatic heterocycles. The summed E-state index contributed by atoms with van der Waals surface area (Å²) >= 11 is 0. The van der Waals surface area contributed by atoms with E-state index in [0.29, 0.717) is 13.0 Å². The van der Waals surface area contributed by atoms with Gasteiger partial charge in [-0.3, -0.25) is 9.59 Å². The quantitative estimate of drug-likeness (QED) is 0.169. The number of aliphatic hydroxyl groups excluding tert-OH is 1. The molecule has 0 rings (SSSR count). The molecule has 0 aromatic rings. The highest BCUT2D eigenvalue weighted by Gasteiger charge is 2.22. The lowest BCUT2D eigenvalue weighted by Gasteiger charge is -2.19. The van der Waals surface area contributed by atoms with Crippen LogP contribution < -0.4 is 11.1 Å². The predicted octanol–water partition coefficient (Wildman–Crippen LogP) is 0.551. The molecule has 0 aliphatic rings. The SMILES string of the molecule is CCCOC(O)CC(CC)C(=O)NC[C@H](N)C(=O)O.[N-]=[N+]=N. The lowest BCUT2D eigenvalue weighted by Crippen LogP contribution is -2.44. The molecule has 0 aromatic heterocycles. The van der Waals surface area contributed by atoms with E-state index >= 15 is 0 Å². The highest BCUT2D eigenvalue weighted by molar-refractivity contribution is 5.80. The van der Waals surface area contributed by atoms with Gasteiger partial charge in [-0.1, -0.05) is 13.8 Å². The van der Waals surface area contributed by atoms with Crippen molar-refractivity contribution in [3.05, 3.63) is 10.4 Å². The first kappa shape index (κ1) is 22.4. The van der Waals surface area contributed by atoms with Crippen molar-refractivity contribution in [3.8, 4) is 0 Å². The molecular formula is C12H25N5O5. The normalized spacial score (nSPS) is 13.8. The lowest BCUT2D eigenvalue weighted by molar-refractivity contribution is -0.139. The van der Waals surface area contributed by atoms with Gasteiger partial charge in [-0.05, 0) is 23.3 Å². The summed E-state index contributed by atoms with van der Waals surface area (Å²) in [5.41, 5.74) is 17.5. The largest absolute Gasteiger partial charge is 0.480 e. The summed E-state index contributed by atoms with van der Waals surface area (Å²) < 4.78 is 5.09. The molecule has 0 saturated heterocycles. The van der Waals surface area contributed by atoms with Crippen molar-refractivity contribution in [2.24, 2.45) is 11.7 Å². The highest BCUT2D eigenvalue weighted by atomic mass is 16.6. The number of hydrogen-bond acceptors (Lipinski definition) is 6. The van der Waals surface area contributed by atoms with Crippen LogP contribution in [0.3, 0.4) is 0 Å². The van der Waals surface area contributed by atoms with Gasteiger partial charge in [-0.25, -0.2) is 0 Å². The maximum Gasteiger partial charge on any atom is 0.322 e. The van der Waals surface area contributed by atoms with Crippen molar-refractivity contribution in [1.29, 1.82) is 5.53 Å². The number of nitrogens with one attached hydrogen (secondary N) is 2. The summed E-state index contributed by atoms with van der Waals surface area (Å²) in [6.07, 6.45) is 0.516. The van der Waals surface area contributed by atoms with E-state index in [1.165, 1.54) is 0 Å². The minimum Gasteiger partial charge on any atom is -0.480 e. The minimum atomic E-state index is -1.17. The second-order valence-electron chi connectivity index (χ2n) is 4.46. The van der Waals surface area contributed by atoms with Gasteiger partial charge in [0.2, 0.25) is 5.91 Å². The number of nitrogens with two attached hydrogens (primary N) is 1. The Balaban J connectivity index is 0. The lowest BCUT2D eigenvalue weighted by atomic mass is 10.0. The molecule has 6 N–H and O–H groups in total. The Labute approximate surface area is 129 Å². The molecule has 0 saturated carbocycles. The third kappa shape index (κ3) is 11.9. The first-order chi connectivity index (χ1) is 10.3. The molecule has 3 atom stereocenters. The second-order valence-corrected chi connectivity index (χ2v) is 4.46. The number of carboxylic acids is 1. The molecule has 0 heterocycles. The van der Waals surface area contributed by atoms with E-state index < -0.39 is 24.2 Å². The van der Waals surface area contributed by atoms with Gasteiger partial charge >= 0.3 is 5.97 Å². The Bertz CT molecular complexity index is 360. The van der Waals surface area contributed by atoms with Crippen molar-refractivity contribution in [2.75, 3.05) is 13.2 Å². The summed E-state index contributed by atoms with van der Waals surface area (Å²) in [6, 6.07) is -1.12. The average molecular weight is 319 g/mol. The van der Waals surface area contributed by atoms with Gasteiger partial charge in [0.1, 0.15) is 6.04 Å². The Morgan fingerprint density at radius 1 is 1.45 bits per heavy atom. The monoisotopic (exact) mass is 319 g/mol. The van der Waals surface area contributed by atoms with Gasteiger partial charge in [0.15, 0.2) is 6.29 Å². The number of rotatable bonds is 10. The first-order valence-electron chi connectivity index (χ1n) is 6.90. The molecule has 128 valence electrons. The Kier molecular flexibility index (Phi) is 14.3. The zero-order valence-corrected chi connectivity index (χ0v) is 12.9. The number of amides is 1. The fraction of sp³-hybridized carbons (Fsp3) is 0.833. The number of hydrogen-bond donors (Lipinski definition) is 5. The van der Waals surface area contributed by atoms with Crippen LogP contribution in [0.15, 0.2) is 0 Å². The number of nitrogens with zero attached hydrogens (tertiary/aromatic N) is 2. The summed E-state index contributed by atoms with van der Waals surface area (Å²) in [7, 11) is 0. The number of carbonyl (C=O) groups is 2. The number of carboxylic acid groups (broad SMARTS) is 1. The Morgan fingerprint density at radius 2 is 2.00 bits per heavy atom. The average Bonchev–Trinajstić information content (AvgIpc) is 2.48. The van der Waals surface area contributed by atoms with Crippen molar-refractivity contribution in [1.82, 2.24) is 5.32 Å². The van der Waals surface area contributed by atoms with E-state index in [1.54, 1.807) is 4.91 Å². The van der Waals surface area contributed by atoms with E-state index in [1.807, 2.05) is 13.8 Å². The highest BCUT2D eigenvalue weighted by Crippen LogP contribution is 2.12. The molecular weight excluding hydrogens is 294 g/mol. The molecule has 0 bridgehead atoms. The number of aliphatic carboxylic acids is 1. The smallest absolute Gasteiger partial charge is 0.322 e. The van der Waals surface area contributed by atoms with Crippen LogP contribution in [0.4, 0.5) is 0 Å². The fourth-order valence-electron chi connectivity index (χ4n) is 1.47. The molecule has 1 amide bonds. The molecule has 0 radical (unpaired) electrons. The maximum atomic E-state index is 11.8. The van der Waals surface area contributed by atoms with Gasteiger partial charge in [0.05, 0.1) is 0 Å². The molecule has 10 heteroatoms. The van der Waals surface area contributed by atoms with Gasteiger partial charge < -0.3 is 26.0 Å². The maximum absolute atomic E-state index is 11.8. The fourth-order valence-corrected chi connectivity index (χ4v) is 1.47. The van der Waals surface area contributed by atoms with E-state index in [9.17, 15) is 14.7 Å². The number of aliphatic hydroxyl groups is 1. The van der Waals surface area contributed by atoms with Crippen molar-refractivity contribution < 1.29 is 24.5 Å². The van der Waals surface area contributed by atoms with Gasteiger partial charge in [-0.2, -0.15) is 0 Å². The Hall–Kier alpha value is -1.87. The minimum absolute atomic E-state index is 0.128. The van der Waals surface area contributed by atoms with Crippen molar-refractivity contribution >= 4 is 11.9 Å². The van der Waals surface area contributed by atoms with Crippen molar-refractivity contribution in [3.63, 3.8) is 0 Å². The zero-order chi connectivity index (χ0) is 17.5. The van der Waals surface area contributed by atoms with Crippen LogP contribution >= 0.6 is 0 Å². The van der Waals surface area contributed by atoms with Crippen LogP contribution in [0.1, 0.15) is 33.1 Å². The number of ether oxygens (including phenoxy) is 1. The van der Waals surface area contributed by atoms with Gasteiger partial charge in [0.25, 0.3) is 0 Å². The standard InChI is InChI=1S/C12H24N2O5.HN3/c1-3-5-19-10(15)6-8(4-2)11(16)14-7-9(13)12(17)18;1-3-2/h8-10,15H,3-7,13H2,1-2H3,(H,14,16)(H,17,18);1H/t8?,9-,10?;/m0./s1. The molecule has 10 nitrogen and oxygen atoms in total. The van der Waals surface area contributed by atoms with E-state index in [2.05, 4.69) is 5.32 Å². The molecule has 0 aromatic carbocycles. The third-order valence-corrected chi connectivity index (χ3v) is 2.68. The summed E-state index contributed by atoms with van der Waals surface area (Å²) in [4.78, 5) is 24.0. The Morgan fingerprint density at radius 3 is 2.41 bits per heavy atom. The van der Waals surface area contributed by atoms with E-state index in [4.69, 9.17) is 26.6 Å². The van der Waals surface area contributed by atoms with Gasteiger partial charge in [-0.15, -0.1) is 5.53 Å². The van der Waals surface area contributed by atoms with Crippen molar-refractivity contribution in [2.45, 2.75) is 45.4 Å². The molecule has 0 aliphatic carbocycles. The predicted molar refractivity (Wildman–Crippen MR) is 78.7 cm³/mol. The van der Waals surface area contributed by atoms with Crippen LogP contribution in [0.2, 0.25) is 0 Å². The van der Waals surface area contributed by atoms with Gasteiger partial charge in [0, 0.05) is 25.5 Å². The molecule has 0 fully saturated rings. The van der Waals surface area contributed by atoms with E-state index in [0.717, 1.165) is 6.42 Å². The first-order valence-corrected chi connectivity index (χ1v) is 6.90. The third-order valence-electron chi connectivity index (χ3n) is 2.68. The van der Waals surface area contributed by atoms with Crippen LogP contribution in [-0.4, -0.2) is 47.6 Å². The second kappa shape index (κ2) is 14.1. The number of carbonyl (C=O) groups excluding carboxylic acids is 1. The zero-order valence-electron chi connectivity index (χ0n) is 12.9. The molecule has 22 heavy (non-hydrogen) atoms. The summed E-state index contributed by atoms with van der Waals surface area (Å²) in [6.45, 7) is 4.04. The van der Waals surface area contributed by atoms with Crippen LogP contribution in [0.5, 0.6) is 0 Å². The van der Waals surface area contributed by atoms with Crippen LogP contribution in [0, 0.1) is 11.4 Å². The summed E-state index contributed by atoms with van der Waals surface area (Å²) in [5.74, 6) is -1.91. The van der Waals surface area contributed by atoms with Crippen LogP contribution in [0.25, 0.3) is 10.4 Å². The van der Waals surface area contributed by atoms with E-state index in [-0.39, 0.29) is 18.9 Å². The van der Waals surface area contributed by atoms with Crippen LogP contribution in [-0.2, 0) is 14.3 Å². The topological polar surface area (TPSA) is 182 Å². The molecule has 0 spiro atoms.